The summed E-state index contributed by atoms with van der Waals surface area (Å²) in [6.45, 7) is 4.30. The van der Waals surface area contributed by atoms with E-state index in [1.165, 1.54) is 10.9 Å². The number of hydrogen-bond donors (Lipinski definition) is 3. The van der Waals surface area contributed by atoms with Gasteiger partial charge in [-0.1, -0.05) is 18.2 Å². The number of hydrogen-bond acceptors (Lipinski definition) is 4. The lowest BCUT2D eigenvalue weighted by Gasteiger charge is -2.31. The van der Waals surface area contributed by atoms with Crippen LogP contribution in [0.5, 0.6) is 0 Å². The molecule has 1 saturated heterocycles. The molecule has 166 valence electrons. The van der Waals surface area contributed by atoms with E-state index in [2.05, 4.69) is 21.7 Å². The highest BCUT2D eigenvalue weighted by atomic mass is 16.6. The van der Waals surface area contributed by atoms with Crippen molar-refractivity contribution in [3.8, 4) is 0 Å². The molecule has 31 heavy (non-hydrogen) atoms. The van der Waals surface area contributed by atoms with Crippen LogP contribution >= 0.6 is 0 Å². The van der Waals surface area contributed by atoms with Crippen molar-refractivity contribution in [1.29, 1.82) is 0 Å². The molecule has 1 aromatic heterocycles. The van der Waals surface area contributed by atoms with Crippen LogP contribution in [0.2, 0.25) is 0 Å². The number of amides is 4. The van der Waals surface area contributed by atoms with Crippen LogP contribution in [0, 0.1) is 0 Å². The van der Waals surface area contributed by atoms with E-state index >= 15 is 0 Å². The van der Waals surface area contributed by atoms with Crippen LogP contribution in [-0.2, 0) is 22.5 Å². The summed E-state index contributed by atoms with van der Waals surface area (Å²) in [7, 11) is 0. The molecule has 0 atom stereocenters. The van der Waals surface area contributed by atoms with Crippen molar-refractivity contribution in [1.82, 2.24) is 25.4 Å². The van der Waals surface area contributed by atoms with E-state index in [9.17, 15) is 14.4 Å². The molecule has 1 fully saturated rings. The summed E-state index contributed by atoms with van der Waals surface area (Å²) in [6, 6.07) is 7.92. The third-order valence-corrected chi connectivity index (χ3v) is 5.96. The van der Waals surface area contributed by atoms with Gasteiger partial charge in [0.2, 0.25) is 5.91 Å². The fourth-order valence-corrected chi connectivity index (χ4v) is 4.33. The lowest BCUT2D eigenvalue weighted by atomic mass is 10.0. The van der Waals surface area contributed by atoms with Gasteiger partial charge in [0, 0.05) is 42.3 Å². The van der Waals surface area contributed by atoms with Crippen LogP contribution in [0.15, 0.2) is 24.3 Å². The number of piperidine rings is 1. The van der Waals surface area contributed by atoms with E-state index in [1.807, 2.05) is 18.2 Å². The first-order valence-corrected chi connectivity index (χ1v) is 10.9. The molecule has 2 aliphatic heterocycles. The summed E-state index contributed by atoms with van der Waals surface area (Å²) in [5.74, 6) is -0.216. The van der Waals surface area contributed by atoms with Crippen molar-refractivity contribution in [2.75, 3.05) is 32.8 Å². The normalized spacial score (nSPS) is 16.7. The minimum absolute atomic E-state index is 0.000952. The Hall–Kier alpha value is -3.23. The van der Waals surface area contributed by atoms with Gasteiger partial charge in [-0.3, -0.25) is 4.79 Å². The second-order valence-electron chi connectivity index (χ2n) is 7.99. The average Bonchev–Trinajstić information content (AvgIpc) is 3.16. The molecule has 9 heteroatoms. The maximum atomic E-state index is 12.6. The minimum atomic E-state index is -0.306. The number of fused-ring (bicyclic) bond motifs is 3. The highest BCUT2D eigenvalue weighted by molar-refractivity contribution is 5.86. The number of carbonyl (C=O) groups excluding carboxylic acids is 3. The monoisotopic (exact) mass is 427 g/mol. The smallest absolute Gasteiger partial charge is 0.409 e. The number of para-hydroxylation sites is 1. The summed E-state index contributed by atoms with van der Waals surface area (Å²) in [5.41, 5.74) is 3.41. The molecule has 3 N–H and O–H groups in total. The maximum Gasteiger partial charge on any atom is 0.409 e. The zero-order valence-electron chi connectivity index (χ0n) is 17.8. The second-order valence-corrected chi connectivity index (χ2v) is 7.99. The summed E-state index contributed by atoms with van der Waals surface area (Å²) in [5, 5.41) is 6.89. The molecule has 0 unspecified atom stereocenters. The molecule has 3 heterocycles. The largest absolute Gasteiger partial charge is 0.450 e. The number of ether oxygens (including phenoxy) is 1. The van der Waals surface area contributed by atoms with E-state index in [-0.39, 0.29) is 30.6 Å². The van der Waals surface area contributed by atoms with Gasteiger partial charge in [0.15, 0.2) is 0 Å². The molecule has 0 radical (unpaired) electrons. The summed E-state index contributed by atoms with van der Waals surface area (Å²) in [6.07, 6.45) is 1.83. The van der Waals surface area contributed by atoms with Crippen LogP contribution in [0.4, 0.5) is 9.59 Å². The average molecular weight is 428 g/mol. The molecular weight excluding hydrogens is 398 g/mol. The number of H-pyrrole nitrogens is 1. The zero-order chi connectivity index (χ0) is 21.8. The fourth-order valence-electron chi connectivity index (χ4n) is 4.33. The SMILES string of the molecule is CCOC(=O)N1CCC(NC(=O)CNC(=O)N2CCc3c([nH]c4ccccc34)C2)CC1. The van der Waals surface area contributed by atoms with Crippen molar-refractivity contribution in [3.63, 3.8) is 0 Å². The first-order chi connectivity index (χ1) is 15.0. The number of nitrogens with zero attached hydrogens (tertiary/aromatic N) is 2. The number of aromatic nitrogens is 1. The minimum Gasteiger partial charge on any atom is -0.450 e. The zero-order valence-corrected chi connectivity index (χ0v) is 17.8. The number of benzene rings is 1. The van der Waals surface area contributed by atoms with Crippen molar-refractivity contribution in [3.05, 3.63) is 35.5 Å². The molecular formula is C22H29N5O4. The number of nitrogens with one attached hydrogen (secondary N) is 3. The van der Waals surface area contributed by atoms with E-state index < -0.39 is 0 Å². The summed E-state index contributed by atoms with van der Waals surface area (Å²) in [4.78, 5) is 43.4. The lowest BCUT2D eigenvalue weighted by molar-refractivity contribution is -0.121. The van der Waals surface area contributed by atoms with Gasteiger partial charge in [-0.05, 0) is 37.8 Å². The Labute approximate surface area is 181 Å². The molecule has 2 aromatic rings. The number of urea groups is 1. The Bertz CT molecular complexity index is 964. The molecule has 1 aromatic carbocycles. The topological polar surface area (TPSA) is 107 Å². The predicted octanol–water partition coefficient (Wildman–Crippen LogP) is 1.97. The highest BCUT2D eigenvalue weighted by Crippen LogP contribution is 2.27. The first-order valence-electron chi connectivity index (χ1n) is 10.9. The van der Waals surface area contributed by atoms with Crippen molar-refractivity contribution in [2.24, 2.45) is 0 Å². The van der Waals surface area contributed by atoms with Gasteiger partial charge >= 0.3 is 12.1 Å². The Morgan fingerprint density at radius 2 is 1.90 bits per heavy atom. The number of rotatable bonds is 4. The van der Waals surface area contributed by atoms with Gasteiger partial charge in [0.1, 0.15) is 0 Å². The number of aromatic amines is 1. The molecule has 4 amide bonds. The quantitative estimate of drug-likeness (QED) is 0.693. The van der Waals surface area contributed by atoms with Crippen LogP contribution in [0.3, 0.4) is 0 Å². The number of likely N-dealkylation sites (tertiary alicyclic amines) is 1. The molecule has 2 aliphatic rings. The van der Waals surface area contributed by atoms with Crippen LogP contribution in [0.1, 0.15) is 31.0 Å². The van der Waals surface area contributed by atoms with Gasteiger partial charge < -0.3 is 30.2 Å². The predicted molar refractivity (Wildman–Crippen MR) is 116 cm³/mol. The van der Waals surface area contributed by atoms with E-state index in [4.69, 9.17) is 4.74 Å². The first kappa shape index (κ1) is 21.0. The molecule has 0 spiro atoms. The second kappa shape index (κ2) is 9.28. The van der Waals surface area contributed by atoms with Gasteiger partial charge in [0.25, 0.3) is 0 Å². The van der Waals surface area contributed by atoms with E-state index in [0.717, 1.165) is 17.6 Å². The molecule has 0 saturated carbocycles. The Morgan fingerprint density at radius 1 is 1.13 bits per heavy atom. The Balaban J connectivity index is 1.21. The molecule has 0 bridgehead atoms. The van der Waals surface area contributed by atoms with Crippen molar-refractivity contribution < 1.29 is 19.1 Å². The molecule has 0 aliphatic carbocycles. The maximum absolute atomic E-state index is 12.6. The Morgan fingerprint density at radius 3 is 2.68 bits per heavy atom. The molecule has 9 nitrogen and oxygen atoms in total. The van der Waals surface area contributed by atoms with Crippen molar-refractivity contribution >= 4 is 28.9 Å². The van der Waals surface area contributed by atoms with Crippen LogP contribution < -0.4 is 10.6 Å². The molecule has 4 rings (SSSR count). The van der Waals surface area contributed by atoms with E-state index in [0.29, 0.717) is 45.6 Å². The fraction of sp³-hybridized carbons (Fsp3) is 0.500. The van der Waals surface area contributed by atoms with E-state index in [1.54, 1.807) is 16.7 Å². The van der Waals surface area contributed by atoms with Gasteiger partial charge in [-0.25, -0.2) is 9.59 Å². The third kappa shape index (κ3) is 4.76. The van der Waals surface area contributed by atoms with Crippen molar-refractivity contribution in [2.45, 2.75) is 38.8 Å². The summed E-state index contributed by atoms with van der Waals surface area (Å²) < 4.78 is 5.00. The highest BCUT2D eigenvalue weighted by Gasteiger charge is 2.26. The van der Waals surface area contributed by atoms with Gasteiger partial charge in [0.05, 0.1) is 19.7 Å². The van der Waals surface area contributed by atoms with Crippen LogP contribution in [-0.4, -0.2) is 71.6 Å². The summed E-state index contributed by atoms with van der Waals surface area (Å²) >= 11 is 0. The lowest BCUT2D eigenvalue weighted by Crippen LogP contribution is -2.50. The number of carbonyl (C=O) groups is 3. The van der Waals surface area contributed by atoms with Crippen LogP contribution in [0.25, 0.3) is 10.9 Å². The third-order valence-electron chi connectivity index (χ3n) is 5.96. The Kier molecular flexibility index (Phi) is 6.29. The van der Waals surface area contributed by atoms with Gasteiger partial charge in [-0.2, -0.15) is 0 Å². The standard InChI is InChI=1S/C22H29N5O4/c1-2-31-22(30)26-10-7-15(8-11-26)24-20(28)13-23-21(29)27-12-9-17-16-5-3-4-6-18(16)25-19(17)14-27/h3-6,15,25H,2,7-14H2,1H3,(H,23,29)(H,24,28). The van der Waals surface area contributed by atoms with Gasteiger partial charge in [-0.15, -0.1) is 0 Å².